The predicted molar refractivity (Wildman–Crippen MR) is 75.3 cm³/mol. The summed E-state index contributed by atoms with van der Waals surface area (Å²) < 4.78 is 2.09. The van der Waals surface area contributed by atoms with E-state index in [1.807, 2.05) is 24.7 Å². The molecule has 1 N–H and O–H groups in total. The monoisotopic (exact) mass is 395 g/mol. The Labute approximate surface area is 114 Å². The molecule has 0 bridgehead atoms. The zero-order chi connectivity index (χ0) is 10.8. The quantitative estimate of drug-likeness (QED) is 0.789. The Kier molecular flexibility index (Phi) is 3.57. The topological polar surface area (TPSA) is 37.8 Å². The largest absolute Gasteiger partial charge is 0.372 e. The van der Waals surface area contributed by atoms with Gasteiger partial charge in [0.15, 0.2) is 5.82 Å². The Bertz CT molecular complexity index is 486. The van der Waals surface area contributed by atoms with Crippen LogP contribution in [0.15, 0.2) is 22.1 Å². The summed E-state index contributed by atoms with van der Waals surface area (Å²) in [5.74, 6) is 1.63. The van der Waals surface area contributed by atoms with Gasteiger partial charge in [-0.25, -0.2) is 9.97 Å². The first kappa shape index (κ1) is 11.3. The van der Waals surface area contributed by atoms with Gasteiger partial charge in [-0.15, -0.1) is 11.3 Å². The molecule has 0 aliphatic heterocycles. The minimum absolute atomic E-state index is 0.760. The smallest absolute Gasteiger partial charge is 0.171 e. The molecule has 78 valence electrons. The Morgan fingerprint density at radius 1 is 1.53 bits per heavy atom. The highest BCUT2D eigenvalue weighted by atomic mass is 127. The first-order valence-corrected chi connectivity index (χ1v) is 6.90. The maximum absolute atomic E-state index is 4.43. The van der Waals surface area contributed by atoms with Crippen molar-refractivity contribution in [3.63, 3.8) is 0 Å². The molecule has 6 heteroatoms. The lowest BCUT2D eigenvalue weighted by atomic mass is 10.4. The first-order chi connectivity index (χ1) is 7.20. The molecule has 0 unspecified atom stereocenters. The van der Waals surface area contributed by atoms with Crippen LogP contribution in [-0.2, 0) is 0 Å². The van der Waals surface area contributed by atoms with Crippen LogP contribution in [0.3, 0.4) is 0 Å². The SMILES string of the molecule is CNc1nc(-c2cc(Br)cs2)ncc1I. The summed E-state index contributed by atoms with van der Waals surface area (Å²) in [4.78, 5) is 9.80. The molecule has 2 heterocycles. The third kappa shape index (κ3) is 2.48. The summed E-state index contributed by atoms with van der Waals surface area (Å²) in [6.45, 7) is 0. The lowest BCUT2D eigenvalue weighted by Crippen LogP contribution is -1.98. The molecule has 0 saturated heterocycles. The van der Waals surface area contributed by atoms with Crippen molar-refractivity contribution >= 4 is 55.7 Å². The summed E-state index contributed by atoms with van der Waals surface area (Å²) in [5.41, 5.74) is 0. The molecule has 2 rings (SSSR count). The number of hydrogen-bond donors (Lipinski definition) is 1. The molecular weight excluding hydrogens is 389 g/mol. The molecule has 3 nitrogen and oxygen atoms in total. The van der Waals surface area contributed by atoms with Gasteiger partial charge >= 0.3 is 0 Å². The fourth-order valence-electron chi connectivity index (χ4n) is 1.09. The Morgan fingerprint density at radius 3 is 2.93 bits per heavy atom. The van der Waals surface area contributed by atoms with Gasteiger partial charge in [-0.05, 0) is 44.6 Å². The van der Waals surface area contributed by atoms with Crippen molar-refractivity contribution in [2.75, 3.05) is 12.4 Å². The van der Waals surface area contributed by atoms with Gasteiger partial charge in [-0.1, -0.05) is 0 Å². The van der Waals surface area contributed by atoms with E-state index in [9.17, 15) is 0 Å². The van der Waals surface area contributed by atoms with Gasteiger partial charge in [0.05, 0.1) is 8.45 Å². The highest BCUT2D eigenvalue weighted by Crippen LogP contribution is 2.28. The highest BCUT2D eigenvalue weighted by molar-refractivity contribution is 14.1. The fraction of sp³-hybridized carbons (Fsp3) is 0.111. The first-order valence-electron chi connectivity index (χ1n) is 4.15. The number of rotatable bonds is 2. The molecule has 0 aliphatic carbocycles. The molecule has 2 aromatic rings. The van der Waals surface area contributed by atoms with Crippen LogP contribution in [0.1, 0.15) is 0 Å². The Balaban J connectivity index is 2.45. The molecule has 0 aromatic carbocycles. The normalized spacial score (nSPS) is 10.3. The molecule has 0 spiro atoms. The summed E-state index contributed by atoms with van der Waals surface area (Å²) in [6.07, 6.45) is 1.82. The number of aromatic nitrogens is 2. The van der Waals surface area contributed by atoms with Gasteiger partial charge in [0.1, 0.15) is 5.82 Å². The van der Waals surface area contributed by atoms with Crippen LogP contribution in [0.25, 0.3) is 10.7 Å². The van der Waals surface area contributed by atoms with Gasteiger partial charge in [0.2, 0.25) is 0 Å². The summed E-state index contributed by atoms with van der Waals surface area (Å²) in [5, 5.41) is 5.07. The van der Waals surface area contributed by atoms with Crippen molar-refractivity contribution in [1.82, 2.24) is 9.97 Å². The number of nitrogens with zero attached hydrogens (tertiary/aromatic N) is 2. The second-order valence-corrected chi connectivity index (χ2v) is 5.76. The van der Waals surface area contributed by atoms with E-state index in [2.05, 4.69) is 53.8 Å². The van der Waals surface area contributed by atoms with Gasteiger partial charge in [-0.3, -0.25) is 0 Å². The van der Waals surface area contributed by atoms with Crippen LogP contribution in [0.5, 0.6) is 0 Å². The van der Waals surface area contributed by atoms with E-state index < -0.39 is 0 Å². The molecule has 0 radical (unpaired) electrons. The molecule has 0 amide bonds. The molecule has 0 atom stereocenters. The number of hydrogen-bond acceptors (Lipinski definition) is 4. The van der Waals surface area contributed by atoms with E-state index in [0.29, 0.717) is 0 Å². The van der Waals surface area contributed by atoms with E-state index in [1.54, 1.807) is 11.3 Å². The zero-order valence-electron chi connectivity index (χ0n) is 7.79. The third-order valence-electron chi connectivity index (χ3n) is 1.77. The molecule has 0 fully saturated rings. The Morgan fingerprint density at radius 2 is 2.33 bits per heavy atom. The molecule has 0 aliphatic rings. The lowest BCUT2D eigenvalue weighted by Gasteiger charge is -2.03. The van der Waals surface area contributed by atoms with Crippen molar-refractivity contribution in [1.29, 1.82) is 0 Å². The average molecular weight is 396 g/mol. The van der Waals surface area contributed by atoms with Crippen LogP contribution in [0.2, 0.25) is 0 Å². The summed E-state index contributed by atoms with van der Waals surface area (Å²) >= 11 is 7.25. The number of thiophene rings is 1. The second-order valence-electron chi connectivity index (χ2n) is 2.77. The van der Waals surface area contributed by atoms with E-state index >= 15 is 0 Å². The minimum Gasteiger partial charge on any atom is -0.372 e. The van der Waals surface area contributed by atoms with Gasteiger partial charge in [0.25, 0.3) is 0 Å². The maximum atomic E-state index is 4.43. The number of anilines is 1. The van der Waals surface area contributed by atoms with E-state index in [-0.39, 0.29) is 0 Å². The van der Waals surface area contributed by atoms with Gasteiger partial charge < -0.3 is 5.32 Å². The Hall–Kier alpha value is -0.210. The van der Waals surface area contributed by atoms with Gasteiger partial charge in [0, 0.05) is 23.1 Å². The van der Waals surface area contributed by atoms with Crippen LogP contribution in [0.4, 0.5) is 5.82 Å². The van der Waals surface area contributed by atoms with Crippen LogP contribution in [0, 0.1) is 3.57 Å². The fourth-order valence-corrected chi connectivity index (χ4v) is 2.99. The van der Waals surface area contributed by atoms with E-state index in [1.165, 1.54) is 0 Å². The highest BCUT2D eigenvalue weighted by Gasteiger charge is 2.07. The van der Waals surface area contributed by atoms with Crippen LogP contribution >= 0.6 is 49.9 Å². The molecular formula is C9H7BrIN3S. The average Bonchev–Trinajstić information content (AvgIpc) is 2.66. The second kappa shape index (κ2) is 4.75. The minimum atomic E-state index is 0.760. The molecule has 2 aromatic heterocycles. The van der Waals surface area contributed by atoms with E-state index in [4.69, 9.17) is 0 Å². The van der Waals surface area contributed by atoms with Gasteiger partial charge in [-0.2, -0.15) is 0 Å². The molecule has 15 heavy (non-hydrogen) atoms. The standard InChI is InChI=1S/C9H7BrIN3S/c1-12-8-6(11)3-13-9(14-8)7-2-5(10)4-15-7/h2-4H,1H3,(H,12,13,14). The van der Waals surface area contributed by atoms with Crippen molar-refractivity contribution < 1.29 is 0 Å². The maximum Gasteiger partial charge on any atom is 0.171 e. The van der Waals surface area contributed by atoms with Crippen molar-refractivity contribution in [2.24, 2.45) is 0 Å². The van der Waals surface area contributed by atoms with Crippen LogP contribution < -0.4 is 5.32 Å². The predicted octanol–water partition coefficient (Wildman–Crippen LogP) is 3.61. The number of halogens is 2. The van der Waals surface area contributed by atoms with Crippen molar-refractivity contribution in [3.05, 3.63) is 25.7 Å². The van der Waals surface area contributed by atoms with Crippen LogP contribution in [-0.4, -0.2) is 17.0 Å². The number of nitrogens with one attached hydrogen (secondary N) is 1. The van der Waals surface area contributed by atoms with E-state index in [0.717, 1.165) is 24.6 Å². The molecule has 0 saturated carbocycles. The summed E-state index contributed by atoms with van der Waals surface area (Å²) in [6, 6.07) is 2.02. The third-order valence-corrected chi connectivity index (χ3v) is 4.25. The summed E-state index contributed by atoms with van der Waals surface area (Å²) in [7, 11) is 1.86. The van der Waals surface area contributed by atoms with Crippen molar-refractivity contribution in [3.8, 4) is 10.7 Å². The van der Waals surface area contributed by atoms with Crippen molar-refractivity contribution in [2.45, 2.75) is 0 Å². The zero-order valence-corrected chi connectivity index (χ0v) is 12.4. The lowest BCUT2D eigenvalue weighted by molar-refractivity contribution is 1.16.